The van der Waals surface area contributed by atoms with Gasteiger partial charge in [-0.15, -0.1) is 12.3 Å². The fraction of sp³-hybridized carbons (Fsp3) is 0.346. The molecular weight excluding hydrogens is 420 g/mol. The van der Waals surface area contributed by atoms with Gasteiger partial charge in [0.15, 0.2) is 0 Å². The van der Waals surface area contributed by atoms with E-state index < -0.39 is 24.0 Å². The minimum atomic E-state index is -0.910. The van der Waals surface area contributed by atoms with E-state index in [0.29, 0.717) is 25.9 Å². The topological polar surface area (TPSA) is 95.9 Å². The highest BCUT2D eigenvalue weighted by molar-refractivity contribution is 5.86. The average molecular weight is 447 g/mol. The number of likely N-dealkylation sites (tertiary alicyclic amines) is 1. The molecular formula is C26H26N2O5. The number of aliphatic carboxylic acids is 1. The second kappa shape index (κ2) is 9.78. The molecule has 1 atom stereocenters. The van der Waals surface area contributed by atoms with Crippen molar-refractivity contribution in [1.82, 2.24) is 10.2 Å². The molecule has 0 bridgehead atoms. The Morgan fingerprint density at radius 3 is 2.18 bits per heavy atom. The summed E-state index contributed by atoms with van der Waals surface area (Å²) in [5, 5.41) is 11.8. The van der Waals surface area contributed by atoms with Crippen LogP contribution >= 0.6 is 0 Å². The maximum Gasteiger partial charge on any atom is 0.407 e. The summed E-state index contributed by atoms with van der Waals surface area (Å²) >= 11 is 0. The van der Waals surface area contributed by atoms with Crippen molar-refractivity contribution in [2.75, 3.05) is 19.7 Å². The molecule has 7 nitrogen and oxygen atoms in total. The number of ether oxygens (including phenoxy) is 1. The predicted octanol–water partition coefficient (Wildman–Crippen LogP) is 3.24. The molecule has 170 valence electrons. The Balaban J connectivity index is 1.38. The number of carbonyl (C=O) groups is 3. The molecule has 2 aromatic rings. The van der Waals surface area contributed by atoms with E-state index in [1.165, 1.54) is 0 Å². The van der Waals surface area contributed by atoms with E-state index in [2.05, 4.69) is 23.4 Å². The lowest BCUT2D eigenvalue weighted by molar-refractivity contribution is -0.146. The summed E-state index contributed by atoms with van der Waals surface area (Å²) in [5.74, 6) is 0.737. The minimum absolute atomic E-state index is 0.0297. The Morgan fingerprint density at radius 2 is 1.64 bits per heavy atom. The van der Waals surface area contributed by atoms with E-state index in [-0.39, 0.29) is 24.9 Å². The number of piperidine rings is 1. The molecule has 7 heteroatoms. The molecule has 33 heavy (non-hydrogen) atoms. The van der Waals surface area contributed by atoms with Crippen LogP contribution in [0.4, 0.5) is 4.79 Å². The number of hydrogen-bond acceptors (Lipinski definition) is 4. The van der Waals surface area contributed by atoms with E-state index in [4.69, 9.17) is 16.3 Å². The number of benzene rings is 2. The Hall–Kier alpha value is -3.79. The van der Waals surface area contributed by atoms with E-state index in [9.17, 15) is 14.4 Å². The number of nitrogens with one attached hydrogen (secondary N) is 1. The van der Waals surface area contributed by atoms with Crippen LogP contribution in [0.2, 0.25) is 0 Å². The van der Waals surface area contributed by atoms with Crippen molar-refractivity contribution in [2.24, 2.45) is 5.92 Å². The summed E-state index contributed by atoms with van der Waals surface area (Å²) in [7, 11) is 0. The molecule has 1 saturated heterocycles. The molecule has 2 amide bonds. The normalized spacial score (nSPS) is 16.3. The number of carboxylic acid groups (broad SMARTS) is 1. The molecule has 0 radical (unpaired) electrons. The van der Waals surface area contributed by atoms with Crippen LogP contribution in [-0.4, -0.2) is 53.7 Å². The number of fused-ring (bicyclic) bond motifs is 3. The molecule has 2 aliphatic rings. The lowest BCUT2D eigenvalue weighted by Crippen LogP contribution is -2.51. The molecule has 1 aliphatic carbocycles. The first-order chi connectivity index (χ1) is 16.0. The van der Waals surface area contributed by atoms with Crippen LogP contribution in [-0.2, 0) is 14.3 Å². The van der Waals surface area contributed by atoms with Crippen LogP contribution in [0, 0.1) is 18.3 Å². The van der Waals surface area contributed by atoms with Gasteiger partial charge in [-0.3, -0.25) is 9.59 Å². The van der Waals surface area contributed by atoms with Gasteiger partial charge in [0.25, 0.3) is 0 Å². The summed E-state index contributed by atoms with van der Waals surface area (Å²) in [6.45, 7) is 0.785. The van der Waals surface area contributed by atoms with Crippen molar-refractivity contribution < 1.29 is 24.2 Å². The van der Waals surface area contributed by atoms with E-state index >= 15 is 0 Å². The first kappa shape index (κ1) is 22.4. The summed E-state index contributed by atoms with van der Waals surface area (Å²) < 4.78 is 5.54. The largest absolute Gasteiger partial charge is 0.481 e. The Morgan fingerprint density at radius 1 is 1.06 bits per heavy atom. The van der Waals surface area contributed by atoms with Gasteiger partial charge in [0.1, 0.15) is 12.6 Å². The molecule has 1 fully saturated rings. The lowest BCUT2D eigenvalue weighted by atomic mass is 9.96. The van der Waals surface area contributed by atoms with Gasteiger partial charge < -0.3 is 20.1 Å². The number of hydrogen-bond donors (Lipinski definition) is 2. The number of carbonyl (C=O) groups excluding carboxylic acids is 2. The van der Waals surface area contributed by atoms with Gasteiger partial charge in [-0.2, -0.15) is 0 Å². The maximum absolute atomic E-state index is 12.9. The first-order valence-electron chi connectivity index (χ1n) is 11.1. The van der Waals surface area contributed by atoms with Gasteiger partial charge in [0, 0.05) is 25.4 Å². The Labute approximate surface area is 192 Å². The van der Waals surface area contributed by atoms with Crippen LogP contribution in [0.15, 0.2) is 48.5 Å². The molecule has 2 aromatic carbocycles. The number of rotatable bonds is 6. The van der Waals surface area contributed by atoms with Gasteiger partial charge >= 0.3 is 12.1 Å². The SMILES string of the molecule is C#CCC(NC(=O)OCC1c2ccccc2-c2ccccc21)C(=O)N1CCC(C(=O)O)CC1. The number of amides is 2. The summed E-state index contributed by atoms with van der Waals surface area (Å²) in [5.41, 5.74) is 4.47. The number of nitrogens with zero attached hydrogens (tertiary/aromatic N) is 1. The van der Waals surface area contributed by atoms with Crippen LogP contribution in [0.25, 0.3) is 11.1 Å². The third-order valence-corrected chi connectivity index (χ3v) is 6.41. The predicted molar refractivity (Wildman–Crippen MR) is 122 cm³/mol. The zero-order valence-corrected chi connectivity index (χ0v) is 18.2. The molecule has 0 aromatic heterocycles. The summed E-state index contributed by atoms with van der Waals surface area (Å²) in [6, 6.07) is 15.2. The highest BCUT2D eigenvalue weighted by atomic mass is 16.5. The van der Waals surface area contributed by atoms with Crippen LogP contribution < -0.4 is 5.32 Å². The molecule has 0 saturated carbocycles. The van der Waals surface area contributed by atoms with Crippen molar-refractivity contribution in [3.63, 3.8) is 0 Å². The van der Waals surface area contributed by atoms with Gasteiger partial charge in [-0.05, 0) is 35.1 Å². The lowest BCUT2D eigenvalue weighted by Gasteiger charge is -2.32. The average Bonchev–Trinajstić information content (AvgIpc) is 3.16. The second-order valence-electron chi connectivity index (χ2n) is 8.37. The Bertz CT molecular complexity index is 1050. The van der Waals surface area contributed by atoms with E-state index in [1.54, 1.807) is 4.90 Å². The van der Waals surface area contributed by atoms with Gasteiger partial charge in [-0.25, -0.2) is 4.79 Å². The van der Waals surface area contributed by atoms with Gasteiger partial charge in [-0.1, -0.05) is 48.5 Å². The van der Waals surface area contributed by atoms with Gasteiger partial charge in [0.05, 0.1) is 5.92 Å². The van der Waals surface area contributed by atoms with Crippen LogP contribution in [0.5, 0.6) is 0 Å². The highest BCUT2D eigenvalue weighted by Crippen LogP contribution is 2.44. The molecule has 0 spiro atoms. The third kappa shape index (κ3) is 4.70. The van der Waals surface area contributed by atoms with Crippen molar-refractivity contribution in [1.29, 1.82) is 0 Å². The number of terminal acetylenes is 1. The first-order valence-corrected chi connectivity index (χ1v) is 11.1. The Kier molecular flexibility index (Phi) is 6.64. The third-order valence-electron chi connectivity index (χ3n) is 6.41. The molecule has 2 N–H and O–H groups in total. The van der Waals surface area contributed by atoms with Crippen molar-refractivity contribution >= 4 is 18.0 Å². The summed E-state index contributed by atoms with van der Waals surface area (Å²) in [6.07, 6.45) is 5.52. The smallest absolute Gasteiger partial charge is 0.407 e. The second-order valence-corrected chi connectivity index (χ2v) is 8.37. The molecule has 4 rings (SSSR count). The van der Waals surface area contributed by atoms with E-state index in [1.807, 2.05) is 36.4 Å². The zero-order valence-electron chi connectivity index (χ0n) is 18.2. The van der Waals surface area contributed by atoms with Crippen molar-refractivity contribution in [3.05, 3.63) is 59.7 Å². The monoisotopic (exact) mass is 446 g/mol. The van der Waals surface area contributed by atoms with Crippen molar-refractivity contribution in [2.45, 2.75) is 31.2 Å². The quantitative estimate of drug-likeness (QED) is 0.664. The minimum Gasteiger partial charge on any atom is -0.481 e. The van der Waals surface area contributed by atoms with Crippen LogP contribution in [0.3, 0.4) is 0 Å². The van der Waals surface area contributed by atoms with E-state index in [0.717, 1.165) is 22.3 Å². The highest BCUT2D eigenvalue weighted by Gasteiger charge is 2.32. The van der Waals surface area contributed by atoms with Gasteiger partial charge in [0.2, 0.25) is 5.91 Å². The molecule has 1 aliphatic heterocycles. The number of alkyl carbamates (subject to hydrolysis) is 1. The molecule has 1 heterocycles. The fourth-order valence-corrected chi connectivity index (χ4v) is 4.67. The standard InChI is InChI=1S/C26H26N2O5/c1-2-7-23(24(29)28-14-12-17(13-15-28)25(30)31)27-26(32)33-16-22-20-10-5-3-8-18(20)19-9-4-6-11-21(19)22/h1,3-6,8-11,17,22-23H,7,12-16H2,(H,27,32)(H,30,31). The fourth-order valence-electron chi connectivity index (χ4n) is 4.67. The molecule has 1 unspecified atom stereocenters. The van der Waals surface area contributed by atoms with Crippen LogP contribution in [0.1, 0.15) is 36.3 Å². The summed E-state index contributed by atoms with van der Waals surface area (Å²) in [4.78, 5) is 38.2. The maximum atomic E-state index is 12.9. The van der Waals surface area contributed by atoms with Crippen molar-refractivity contribution in [3.8, 4) is 23.5 Å². The zero-order chi connectivity index (χ0) is 23.4. The number of carboxylic acids is 1.